The Hall–Kier alpha value is -1.13. The summed E-state index contributed by atoms with van der Waals surface area (Å²) < 4.78 is 1.18. The first kappa shape index (κ1) is 16.2. The van der Waals surface area contributed by atoms with Gasteiger partial charge in [0.2, 0.25) is 0 Å². The maximum atomic E-state index is 5.75. The number of nitrogen functional groups attached to an aromatic ring is 1. The van der Waals surface area contributed by atoms with E-state index in [9.17, 15) is 0 Å². The quantitative estimate of drug-likeness (QED) is 0.702. The molecule has 1 heterocycles. The van der Waals surface area contributed by atoms with Crippen molar-refractivity contribution >= 4 is 26.7 Å². The van der Waals surface area contributed by atoms with Crippen LogP contribution in [0.1, 0.15) is 52.0 Å². The van der Waals surface area contributed by atoms with Gasteiger partial charge in [0.05, 0.1) is 10.2 Å². The minimum absolute atomic E-state index is 0.369. The summed E-state index contributed by atoms with van der Waals surface area (Å²) in [5.74, 6) is 0. The van der Waals surface area contributed by atoms with Crippen molar-refractivity contribution in [1.82, 2.24) is 10.3 Å². The van der Waals surface area contributed by atoms with Gasteiger partial charge in [0.25, 0.3) is 0 Å². The first-order valence-corrected chi connectivity index (χ1v) is 8.67. The van der Waals surface area contributed by atoms with Gasteiger partial charge in [-0.3, -0.25) is 0 Å². The molecule has 1 aromatic heterocycles. The van der Waals surface area contributed by atoms with Crippen molar-refractivity contribution in [3.8, 4) is 0 Å². The summed E-state index contributed by atoms with van der Waals surface area (Å²) in [6.45, 7) is 8.92. The van der Waals surface area contributed by atoms with Crippen molar-refractivity contribution in [3.63, 3.8) is 0 Å². The Labute approximate surface area is 132 Å². The van der Waals surface area contributed by atoms with Crippen LogP contribution >= 0.6 is 11.3 Å². The Balaban J connectivity index is 1.83. The molecule has 116 valence electrons. The van der Waals surface area contributed by atoms with E-state index < -0.39 is 0 Å². The van der Waals surface area contributed by atoms with E-state index in [1.807, 2.05) is 0 Å². The summed E-state index contributed by atoms with van der Waals surface area (Å²) in [4.78, 5) is 4.29. The molecule has 3 N–H and O–H groups in total. The minimum Gasteiger partial charge on any atom is -0.375 e. The molecule has 0 amide bonds. The Morgan fingerprint density at radius 3 is 2.86 bits per heavy atom. The third-order valence-electron chi connectivity index (χ3n) is 3.86. The number of nitrogens with two attached hydrogens (primary N) is 1. The molecule has 1 aromatic carbocycles. The number of unbranched alkanes of at least 4 members (excludes halogenated alkanes) is 2. The highest BCUT2D eigenvalue weighted by molar-refractivity contribution is 7.22. The number of fused-ring (bicyclic) bond motifs is 1. The number of hydrogen-bond acceptors (Lipinski definition) is 4. The van der Waals surface area contributed by atoms with Gasteiger partial charge < -0.3 is 11.1 Å². The standard InChI is InChI=1S/C17H27N3S/c1-4-5-6-9-17(2,3)12-19-11-13-7-8-14-15(10-13)21-16(18)20-14/h7-8,10,19H,4-6,9,11-12H2,1-3H3,(H2,18,20). The third kappa shape index (κ3) is 4.97. The van der Waals surface area contributed by atoms with E-state index in [4.69, 9.17) is 5.73 Å². The summed E-state index contributed by atoms with van der Waals surface area (Å²) >= 11 is 1.56. The van der Waals surface area contributed by atoms with Crippen LogP contribution in [0.5, 0.6) is 0 Å². The van der Waals surface area contributed by atoms with Crippen LogP contribution in [0.25, 0.3) is 10.2 Å². The fourth-order valence-corrected chi connectivity index (χ4v) is 3.38. The maximum absolute atomic E-state index is 5.75. The first-order chi connectivity index (χ1) is 10.00. The summed E-state index contributed by atoms with van der Waals surface area (Å²) in [7, 11) is 0. The molecule has 0 spiro atoms. The molecule has 0 aliphatic rings. The van der Waals surface area contributed by atoms with E-state index >= 15 is 0 Å². The number of benzene rings is 1. The van der Waals surface area contributed by atoms with Crippen LogP contribution in [-0.4, -0.2) is 11.5 Å². The average molecular weight is 305 g/mol. The lowest BCUT2D eigenvalue weighted by Gasteiger charge is -2.25. The van der Waals surface area contributed by atoms with Gasteiger partial charge in [-0.05, 0) is 29.5 Å². The van der Waals surface area contributed by atoms with Crippen LogP contribution in [0, 0.1) is 5.41 Å². The van der Waals surface area contributed by atoms with Crippen LogP contribution in [0.3, 0.4) is 0 Å². The normalized spacial score (nSPS) is 12.1. The fourth-order valence-electron chi connectivity index (χ4n) is 2.58. The summed E-state index contributed by atoms with van der Waals surface area (Å²) in [6.07, 6.45) is 5.25. The van der Waals surface area contributed by atoms with Crippen LogP contribution < -0.4 is 11.1 Å². The molecular weight excluding hydrogens is 278 g/mol. The predicted octanol–water partition coefficient (Wildman–Crippen LogP) is 4.57. The van der Waals surface area contributed by atoms with Crippen molar-refractivity contribution in [3.05, 3.63) is 23.8 Å². The van der Waals surface area contributed by atoms with Crippen LogP contribution in [0.2, 0.25) is 0 Å². The number of nitrogens with zero attached hydrogens (tertiary/aromatic N) is 1. The first-order valence-electron chi connectivity index (χ1n) is 7.86. The summed E-state index contributed by atoms with van der Waals surface area (Å²) in [6, 6.07) is 6.39. The van der Waals surface area contributed by atoms with E-state index in [1.54, 1.807) is 11.3 Å². The topological polar surface area (TPSA) is 50.9 Å². The maximum Gasteiger partial charge on any atom is 0.181 e. The lowest BCUT2D eigenvalue weighted by molar-refractivity contribution is 0.302. The second-order valence-corrected chi connectivity index (χ2v) is 7.64. The van der Waals surface area contributed by atoms with Gasteiger partial charge in [-0.2, -0.15) is 0 Å². The molecule has 0 atom stereocenters. The highest BCUT2D eigenvalue weighted by atomic mass is 32.1. The molecule has 4 heteroatoms. The molecule has 0 radical (unpaired) electrons. The molecule has 0 aliphatic carbocycles. The van der Waals surface area contributed by atoms with Crippen molar-refractivity contribution in [2.45, 2.75) is 53.0 Å². The molecule has 0 aliphatic heterocycles. The van der Waals surface area contributed by atoms with E-state index in [1.165, 1.54) is 35.9 Å². The second-order valence-electron chi connectivity index (χ2n) is 6.58. The molecule has 2 rings (SSSR count). The Kier molecular flexibility index (Phi) is 5.59. The van der Waals surface area contributed by atoms with E-state index in [2.05, 4.69) is 49.3 Å². The predicted molar refractivity (Wildman–Crippen MR) is 93.7 cm³/mol. The van der Waals surface area contributed by atoms with Gasteiger partial charge in [-0.15, -0.1) is 0 Å². The van der Waals surface area contributed by atoms with Gasteiger partial charge >= 0.3 is 0 Å². The van der Waals surface area contributed by atoms with Gasteiger partial charge in [-0.1, -0.05) is 57.4 Å². The Bertz CT molecular complexity index is 574. The molecule has 0 unspecified atom stereocenters. The number of nitrogens with one attached hydrogen (secondary N) is 1. The third-order valence-corrected chi connectivity index (χ3v) is 4.71. The second kappa shape index (κ2) is 7.23. The molecule has 0 fully saturated rings. The highest BCUT2D eigenvalue weighted by Gasteiger charge is 2.16. The summed E-state index contributed by atoms with van der Waals surface area (Å²) in [5.41, 5.74) is 8.42. The van der Waals surface area contributed by atoms with Crippen molar-refractivity contribution in [1.29, 1.82) is 0 Å². The molecule has 3 nitrogen and oxygen atoms in total. The average Bonchev–Trinajstić information content (AvgIpc) is 2.78. The monoisotopic (exact) mass is 305 g/mol. The van der Waals surface area contributed by atoms with Crippen LogP contribution in [-0.2, 0) is 6.54 Å². The number of rotatable bonds is 8. The molecule has 0 saturated heterocycles. The summed E-state index contributed by atoms with van der Waals surface area (Å²) in [5, 5.41) is 4.24. The van der Waals surface area contributed by atoms with Crippen molar-refractivity contribution in [2.24, 2.45) is 5.41 Å². The van der Waals surface area contributed by atoms with Crippen molar-refractivity contribution in [2.75, 3.05) is 12.3 Å². The molecule has 0 bridgehead atoms. The SMILES string of the molecule is CCCCCC(C)(C)CNCc1ccc2nc(N)sc2c1. The van der Waals surface area contributed by atoms with E-state index in [0.717, 1.165) is 18.6 Å². The lowest BCUT2D eigenvalue weighted by Crippen LogP contribution is -2.29. The smallest absolute Gasteiger partial charge is 0.181 e. The lowest BCUT2D eigenvalue weighted by atomic mass is 9.87. The van der Waals surface area contributed by atoms with Crippen LogP contribution in [0.15, 0.2) is 18.2 Å². The van der Waals surface area contributed by atoms with E-state index in [0.29, 0.717) is 10.5 Å². The van der Waals surface area contributed by atoms with Gasteiger partial charge in [0, 0.05) is 13.1 Å². The fraction of sp³-hybridized carbons (Fsp3) is 0.588. The zero-order chi connectivity index (χ0) is 15.3. The molecular formula is C17H27N3S. The largest absolute Gasteiger partial charge is 0.375 e. The Morgan fingerprint density at radius 2 is 2.10 bits per heavy atom. The van der Waals surface area contributed by atoms with Gasteiger partial charge in [-0.25, -0.2) is 4.98 Å². The number of aromatic nitrogens is 1. The number of hydrogen-bond donors (Lipinski definition) is 2. The molecule has 0 saturated carbocycles. The molecule has 2 aromatic rings. The van der Waals surface area contributed by atoms with E-state index in [-0.39, 0.29) is 0 Å². The zero-order valence-corrected chi connectivity index (χ0v) is 14.2. The highest BCUT2D eigenvalue weighted by Crippen LogP contribution is 2.25. The number of anilines is 1. The van der Waals surface area contributed by atoms with Gasteiger partial charge in [0.1, 0.15) is 0 Å². The molecule has 21 heavy (non-hydrogen) atoms. The Morgan fingerprint density at radius 1 is 1.29 bits per heavy atom. The van der Waals surface area contributed by atoms with Gasteiger partial charge in [0.15, 0.2) is 5.13 Å². The number of thiazole rings is 1. The van der Waals surface area contributed by atoms with Crippen LogP contribution in [0.4, 0.5) is 5.13 Å². The zero-order valence-electron chi connectivity index (χ0n) is 13.4. The van der Waals surface area contributed by atoms with Crippen molar-refractivity contribution < 1.29 is 0 Å². The minimum atomic E-state index is 0.369.